The molecule has 0 aliphatic carbocycles. The quantitative estimate of drug-likeness (QED) is 0.754. The van der Waals surface area contributed by atoms with Crippen LogP contribution in [0.1, 0.15) is 0 Å². The van der Waals surface area contributed by atoms with E-state index in [2.05, 4.69) is 0 Å². The van der Waals surface area contributed by atoms with E-state index in [9.17, 15) is 31.1 Å². The summed E-state index contributed by atoms with van der Waals surface area (Å²) in [6.07, 6.45) is -5.28. The van der Waals surface area contributed by atoms with Crippen LogP contribution in [0.5, 0.6) is 0 Å². The lowest BCUT2D eigenvalue weighted by molar-refractivity contribution is -0.167. The second-order valence-electron chi connectivity index (χ2n) is 2.70. The molecule has 0 atom stereocenters. The second kappa shape index (κ2) is 4.03. The summed E-state index contributed by atoms with van der Waals surface area (Å²) in [5, 5.41) is 0.965. The number of hydrogen-bond donors (Lipinski definition) is 1. The standard InChI is InChI=1S/C8H3F6NO/c9-3-1-4(10)6(5(11)2-3)15-7(16)8(12,13)14/h1-2H,(H,15,16). The molecule has 1 N–H and O–H groups in total. The molecule has 1 aromatic carbocycles. The number of benzene rings is 1. The topological polar surface area (TPSA) is 29.1 Å². The Morgan fingerprint density at radius 2 is 1.50 bits per heavy atom. The fourth-order valence-electron chi connectivity index (χ4n) is 0.846. The molecule has 0 saturated carbocycles. The van der Waals surface area contributed by atoms with Gasteiger partial charge in [0.1, 0.15) is 11.5 Å². The molecule has 8 heteroatoms. The fourth-order valence-corrected chi connectivity index (χ4v) is 0.846. The third kappa shape index (κ3) is 2.65. The smallest absolute Gasteiger partial charge is 0.313 e. The zero-order valence-corrected chi connectivity index (χ0v) is 7.33. The number of halogens is 6. The van der Waals surface area contributed by atoms with E-state index >= 15 is 0 Å². The molecule has 0 bridgehead atoms. The van der Waals surface area contributed by atoms with Gasteiger partial charge < -0.3 is 5.32 Å². The Balaban J connectivity index is 3.03. The van der Waals surface area contributed by atoms with Crippen molar-refractivity contribution in [3.8, 4) is 0 Å². The van der Waals surface area contributed by atoms with Crippen molar-refractivity contribution in [2.24, 2.45) is 0 Å². The Labute approximate surface area is 84.9 Å². The number of carbonyl (C=O) groups is 1. The number of amides is 1. The summed E-state index contributed by atoms with van der Waals surface area (Å²) in [7, 11) is 0. The Hall–Kier alpha value is -1.73. The van der Waals surface area contributed by atoms with E-state index < -0.39 is 35.2 Å². The van der Waals surface area contributed by atoms with Gasteiger partial charge in [-0.15, -0.1) is 0 Å². The molecular weight excluding hydrogens is 240 g/mol. The molecule has 0 fully saturated rings. The number of anilines is 1. The highest BCUT2D eigenvalue weighted by molar-refractivity contribution is 5.95. The maximum atomic E-state index is 12.8. The van der Waals surface area contributed by atoms with E-state index in [4.69, 9.17) is 0 Å². The Morgan fingerprint density at radius 3 is 1.88 bits per heavy atom. The summed E-state index contributed by atoms with van der Waals surface area (Å²) in [5.41, 5.74) is -1.34. The summed E-state index contributed by atoms with van der Waals surface area (Å²) < 4.78 is 73.2. The molecule has 1 aromatic rings. The monoisotopic (exact) mass is 243 g/mol. The third-order valence-corrected chi connectivity index (χ3v) is 1.50. The summed E-state index contributed by atoms with van der Waals surface area (Å²) in [5.74, 6) is -7.11. The maximum Gasteiger partial charge on any atom is 0.471 e. The molecule has 0 saturated heterocycles. The van der Waals surface area contributed by atoms with Gasteiger partial charge in [-0.3, -0.25) is 4.79 Å². The minimum Gasteiger partial charge on any atom is -0.313 e. The van der Waals surface area contributed by atoms with Crippen LogP contribution >= 0.6 is 0 Å². The van der Waals surface area contributed by atoms with E-state index in [1.54, 1.807) is 0 Å². The number of nitrogens with one attached hydrogen (secondary N) is 1. The molecule has 0 unspecified atom stereocenters. The number of carbonyl (C=O) groups excluding carboxylic acids is 1. The van der Waals surface area contributed by atoms with E-state index in [0.717, 1.165) is 5.32 Å². The maximum absolute atomic E-state index is 12.8. The third-order valence-electron chi connectivity index (χ3n) is 1.50. The Bertz CT molecular complexity index is 404. The minimum atomic E-state index is -5.28. The molecule has 1 rings (SSSR count). The molecule has 0 radical (unpaired) electrons. The van der Waals surface area contributed by atoms with Gasteiger partial charge in [-0.05, 0) is 0 Å². The van der Waals surface area contributed by atoms with E-state index in [1.807, 2.05) is 0 Å². The van der Waals surface area contributed by atoms with Crippen LogP contribution in [-0.4, -0.2) is 12.1 Å². The largest absolute Gasteiger partial charge is 0.471 e. The normalized spacial score (nSPS) is 11.4. The fraction of sp³-hybridized carbons (Fsp3) is 0.125. The number of alkyl halides is 3. The molecule has 0 spiro atoms. The van der Waals surface area contributed by atoms with Crippen molar-refractivity contribution in [3.63, 3.8) is 0 Å². The zero-order valence-electron chi connectivity index (χ0n) is 7.33. The average Bonchev–Trinajstić information content (AvgIpc) is 2.08. The van der Waals surface area contributed by atoms with Crippen LogP contribution in [0.25, 0.3) is 0 Å². The van der Waals surface area contributed by atoms with Crippen molar-refractivity contribution in [2.75, 3.05) is 5.32 Å². The first-order valence-corrected chi connectivity index (χ1v) is 3.74. The molecule has 0 aliphatic heterocycles. The lowest BCUT2D eigenvalue weighted by atomic mass is 10.2. The molecule has 16 heavy (non-hydrogen) atoms. The van der Waals surface area contributed by atoms with Gasteiger partial charge in [-0.2, -0.15) is 13.2 Å². The van der Waals surface area contributed by atoms with Gasteiger partial charge in [-0.25, -0.2) is 13.2 Å². The average molecular weight is 243 g/mol. The van der Waals surface area contributed by atoms with Crippen LogP contribution in [0.2, 0.25) is 0 Å². The van der Waals surface area contributed by atoms with Crippen LogP contribution in [-0.2, 0) is 4.79 Å². The first-order chi connectivity index (χ1) is 7.21. The van der Waals surface area contributed by atoms with Crippen LogP contribution in [0.15, 0.2) is 12.1 Å². The predicted molar refractivity (Wildman–Crippen MR) is 41.0 cm³/mol. The SMILES string of the molecule is O=C(Nc1c(F)cc(F)cc1F)C(F)(F)F. The van der Waals surface area contributed by atoms with Gasteiger partial charge in [0.15, 0.2) is 11.6 Å². The van der Waals surface area contributed by atoms with Crippen LogP contribution < -0.4 is 5.32 Å². The summed E-state index contributed by atoms with van der Waals surface area (Å²) in [4.78, 5) is 10.4. The molecule has 0 heterocycles. The van der Waals surface area contributed by atoms with Crippen molar-refractivity contribution in [3.05, 3.63) is 29.6 Å². The molecular formula is C8H3F6NO. The van der Waals surface area contributed by atoms with E-state index in [-0.39, 0.29) is 12.1 Å². The Morgan fingerprint density at radius 1 is 1.06 bits per heavy atom. The van der Waals surface area contributed by atoms with E-state index in [1.165, 1.54) is 0 Å². The highest BCUT2D eigenvalue weighted by Gasteiger charge is 2.39. The van der Waals surface area contributed by atoms with E-state index in [0.29, 0.717) is 0 Å². The summed E-state index contributed by atoms with van der Waals surface area (Å²) in [6.45, 7) is 0. The van der Waals surface area contributed by atoms with Gasteiger partial charge in [0.2, 0.25) is 0 Å². The van der Waals surface area contributed by atoms with Crippen molar-refractivity contribution < 1.29 is 31.1 Å². The predicted octanol–water partition coefficient (Wildman–Crippen LogP) is 2.60. The van der Waals surface area contributed by atoms with Crippen LogP contribution in [0.4, 0.5) is 32.0 Å². The molecule has 0 aromatic heterocycles. The minimum absolute atomic E-state index is 0.148. The van der Waals surface area contributed by atoms with Crippen molar-refractivity contribution in [1.29, 1.82) is 0 Å². The van der Waals surface area contributed by atoms with Crippen molar-refractivity contribution in [2.45, 2.75) is 6.18 Å². The van der Waals surface area contributed by atoms with Gasteiger partial charge in [0.05, 0.1) is 0 Å². The van der Waals surface area contributed by atoms with Crippen molar-refractivity contribution >= 4 is 11.6 Å². The molecule has 88 valence electrons. The number of hydrogen-bond acceptors (Lipinski definition) is 1. The molecule has 0 aliphatic rings. The highest BCUT2D eigenvalue weighted by atomic mass is 19.4. The lowest BCUT2D eigenvalue weighted by Gasteiger charge is -2.09. The highest BCUT2D eigenvalue weighted by Crippen LogP contribution is 2.23. The summed E-state index contributed by atoms with van der Waals surface area (Å²) in [6, 6.07) is 0.296. The van der Waals surface area contributed by atoms with Crippen LogP contribution in [0, 0.1) is 17.5 Å². The molecule has 2 nitrogen and oxygen atoms in total. The van der Waals surface area contributed by atoms with Crippen molar-refractivity contribution in [1.82, 2.24) is 0 Å². The first kappa shape index (κ1) is 12.3. The van der Waals surface area contributed by atoms with Crippen LogP contribution in [0.3, 0.4) is 0 Å². The lowest BCUT2D eigenvalue weighted by Crippen LogP contribution is -2.30. The number of rotatable bonds is 1. The Kier molecular flexibility index (Phi) is 3.11. The second-order valence-corrected chi connectivity index (χ2v) is 2.70. The van der Waals surface area contributed by atoms with Gasteiger partial charge in [0, 0.05) is 12.1 Å². The van der Waals surface area contributed by atoms with Gasteiger partial charge in [0.25, 0.3) is 0 Å². The summed E-state index contributed by atoms with van der Waals surface area (Å²) >= 11 is 0. The zero-order chi connectivity index (χ0) is 12.5. The van der Waals surface area contributed by atoms with Gasteiger partial charge >= 0.3 is 12.1 Å². The molecule has 1 amide bonds. The van der Waals surface area contributed by atoms with Gasteiger partial charge in [-0.1, -0.05) is 0 Å². The first-order valence-electron chi connectivity index (χ1n) is 3.74.